The van der Waals surface area contributed by atoms with Gasteiger partial charge in [0.25, 0.3) is 5.91 Å². The van der Waals surface area contributed by atoms with Gasteiger partial charge in [-0.25, -0.2) is 0 Å². The highest BCUT2D eigenvalue weighted by Crippen LogP contribution is 2.23. The molecule has 1 fully saturated rings. The van der Waals surface area contributed by atoms with Crippen LogP contribution in [0.25, 0.3) is 6.08 Å². The van der Waals surface area contributed by atoms with Gasteiger partial charge in [0.1, 0.15) is 17.5 Å². The number of amides is 1. The first-order valence-corrected chi connectivity index (χ1v) is 8.03. The molecule has 0 radical (unpaired) electrons. The predicted molar refractivity (Wildman–Crippen MR) is 99.9 cm³/mol. The lowest BCUT2D eigenvalue weighted by Gasteiger charge is -2.13. The topological polar surface area (TPSA) is 65.4 Å². The van der Waals surface area contributed by atoms with Crippen LogP contribution in [0.4, 0.5) is 5.69 Å². The molecule has 124 valence electrons. The molecule has 2 aromatic rings. The lowest BCUT2D eigenvalue weighted by Crippen LogP contribution is -2.30. The number of nitrogens with one attached hydrogen (secondary N) is 1. The zero-order chi connectivity index (χ0) is 17.8. The summed E-state index contributed by atoms with van der Waals surface area (Å²) < 4.78 is 5.21. The average Bonchev–Trinajstić information content (AvgIpc) is 2.89. The Bertz CT molecular complexity index is 880. The first-order chi connectivity index (χ1) is 12.1. The van der Waals surface area contributed by atoms with E-state index in [0.717, 1.165) is 16.8 Å². The number of thiocarbonyl (C=S) groups is 1. The van der Waals surface area contributed by atoms with Gasteiger partial charge in [-0.15, -0.1) is 0 Å². The molecule has 1 N–H and O–H groups in total. The van der Waals surface area contributed by atoms with E-state index in [9.17, 15) is 4.79 Å². The maximum atomic E-state index is 12.7. The summed E-state index contributed by atoms with van der Waals surface area (Å²) in [5, 5.41) is 11.8. The van der Waals surface area contributed by atoms with Crippen molar-refractivity contribution in [2.75, 3.05) is 11.5 Å². The summed E-state index contributed by atoms with van der Waals surface area (Å²) in [6.07, 6.45) is 1.73. The fourth-order valence-corrected chi connectivity index (χ4v) is 2.70. The van der Waals surface area contributed by atoms with Gasteiger partial charge in [0, 0.05) is 0 Å². The predicted octanol–water partition coefficient (Wildman–Crippen LogP) is 3.16. The van der Waals surface area contributed by atoms with E-state index in [4.69, 9.17) is 22.2 Å². The summed E-state index contributed by atoms with van der Waals surface area (Å²) in [7, 11) is 0. The third-order valence-corrected chi connectivity index (χ3v) is 3.95. The Labute approximate surface area is 151 Å². The van der Waals surface area contributed by atoms with Crippen molar-refractivity contribution in [3.05, 3.63) is 65.4 Å². The number of carbonyl (C=O) groups is 1. The van der Waals surface area contributed by atoms with Crippen molar-refractivity contribution in [3.63, 3.8) is 0 Å². The van der Waals surface area contributed by atoms with Crippen LogP contribution in [-0.4, -0.2) is 17.6 Å². The molecule has 0 aromatic heterocycles. The van der Waals surface area contributed by atoms with Crippen LogP contribution in [0.1, 0.15) is 11.1 Å². The van der Waals surface area contributed by atoms with Crippen LogP contribution in [0, 0.1) is 18.3 Å². The van der Waals surface area contributed by atoms with Crippen molar-refractivity contribution >= 4 is 35.0 Å². The number of benzene rings is 2. The van der Waals surface area contributed by atoms with Crippen LogP contribution in [0.2, 0.25) is 0 Å². The van der Waals surface area contributed by atoms with Crippen molar-refractivity contribution in [2.45, 2.75) is 6.92 Å². The maximum absolute atomic E-state index is 12.7. The van der Waals surface area contributed by atoms with Gasteiger partial charge >= 0.3 is 0 Å². The number of ether oxygens (including phenoxy) is 1. The maximum Gasteiger partial charge on any atom is 0.281 e. The van der Waals surface area contributed by atoms with Gasteiger partial charge in [-0.3, -0.25) is 9.69 Å². The van der Waals surface area contributed by atoms with Gasteiger partial charge in [0.05, 0.1) is 5.69 Å². The van der Waals surface area contributed by atoms with E-state index in [0.29, 0.717) is 16.6 Å². The first-order valence-electron chi connectivity index (χ1n) is 7.62. The lowest BCUT2D eigenvalue weighted by molar-refractivity contribution is -0.113. The molecule has 0 atom stereocenters. The molecule has 1 aliphatic heterocycles. The normalized spacial score (nSPS) is 15.2. The highest BCUT2D eigenvalue weighted by molar-refractivity contribution is 7.80. The van der Waals surface area contributed by atoms with E-state index < -0.39 is 0 Å². The molecule has 1 aliphatic rings. The van der Waals surface area contributed by atoms with Gasteiger partial charge in [0.15, 0.2) is 11.7 Å². The van der Waals surface area contributed by atoms with Crippen LogP contribution in [0.5, 0.6) is 5.75 Å². The second kappa shape index (κ2) is 7.16. The molecule has 25 heavy (non-hydrogen) atoms. The van der Waals surface area contributed by atoms with Crippen molar-refractivity contribution < 1.29 is 9.53 Å². The van der Waals surface area contributed by atoms with Crippen molar-refractivity contribution in [1.82, 2.24) is 5.32 Å². The third-order valence-electron chi connectivity index (χ3n) is 3.66. The number of nitrogens with zero attached hydrogens (tertiary/aromatic N) is 2. The van der Waals surface area contributed by atoms with Crippen LogP contribution in [0.3, 0.4) is 0 Å². The highest BCUT2D eigenvalue weighted by Gasteiger charge is 2.31. The Hall–Kier alpha value is -3.17. The Morgan fingerprint density at radius 2 is 1.88 bits per heavy atom. The molecule has 0 unspecified atom stereocenters. The molecule has 6 heteroatoms. The van der Waals surface area contributed by atoms with Gasteiger partial charge in [-0.1, -0.05) is 29.8 Å². The average molecular weight is 349 g/mol. The summed E-state index contributed by atoms with van der Waals surface area (Å²) in [6.45, 7) is 1.99. The minimum atomic E-state index is -0.196. The van der Waals surface area contributed by atoms with Crippen molar-refractivity contribution in [3.8, 4) is 11.8 Å². The van der Waals surface area contributed by atoms with E-state index in [1.54, 1.807) is 18.2 Å². The van der Waals surface area contributed by atoms with E-state index in [1.807, 2.05) is 49.4 Å². The van der Waals surface area contributed by atoms with E-state index in [-0.39, 0.29) is 12.5 Å². The molecule has 0 bridgehead atoms. The van der Waals surface area contributed by atoms with Gasteiger partial charge < -0.3 is 10.1 Å². The Kier molecular flexibility index (Phi) is 4.78. The highest BCUT2D eigenvalue weighted by atomic mass is 32.1. The Morgan fingerprint density at radius 3 is 2.52 bits per heavy atom. The van der Waals surface area contributed by atoms with Crippen molar-refractivity contribution in [2.24, 2.45) is 0 Å². The smallest absolute Gasteiger partial charge is 0.281 e. The van der Waals surface area contributed by atoms with Gasteiger partial charge in [-0.05, 0) is 55.0 Å². The van der Waals surface area contributed by atoms with Crippen LogP contribution in [-0.2, 0) is 4.79 Å². The number of rotatable bonds is 4. The van der Waals surface area contributed by atoms with Crippen LogP contribution in [0.15, 0.2) is 54.2 Å². The summed E-state index contributed by atoms with van der Waals surface area (Å²) in [5.74, 6) is 0.407. The minimum absolute atomic E-state index is 0.000256. The second-order valence-corrected chi connectivity index (χ2v) is 5.87. The zero-order valence-corrected chi connectivity index (χ0v) is 14.3. The number of carbonyl (C=O) groups excluding carboxylic acids is 1. The third kappa shape index (κ3) is 3.67. The molecule has 5 nitrogen and oxygen atoms in total. The summed E-state index contributed by atoms with van der Waals surface area (Å²) in [6, 6.07) is 16.6. The first kappa shape index (κ1) is 16.7. The number of hydrogen-bond donors (Lipinski definition) is 1. The zero-order valence-electron chi connectivity index (χ0n) is 13.5. The number of anilines is 1. The molecule has 1 amide bonds. The molecule has 0 aliphatic carbocycles. The quantitative estimate of drug-likeness (QED) is 0.678. The molecule has 2 aromatic carbocycles. The SMILES string of the molecule is Cc1ccc(N2C(=O)/C(=C\c3ccc(OCC#N)cc3)NC2=S)cc1. The fraction of sp³-hybridized carbons (Fsp3) is 0.105. The lowest BCUT2D eigenvalue weighted by atomic mass is 10.1. The molecule has 0 spiro atoms. The van der Waals surface area contributed by atoms with Gasteiger partial charge in [-0.2, -0.15) is 5.26 Å². The van der Waals surface area contributed by atoms with Crippen molar-refractivity contribution in [1.29, 1.82) is 5.26 Å². The largest absolute Gasteiger partial charge is 0.479 e. The van der Waals surface area contributed by atoms with E-state index in [1.165, 1.54) is 4.90 Å². The number of aryl methyl sites for hydroxylation is 1. The molecule has 1 saturated heterocycles. The van der Waals surface area contributed by atoms with E-state index >= 15 is 0 Å². The second-order valence-electron chi connectivity index (χ2n) is 5.48. The summed E-state index contributed by atoms with van der Waals surface area (Å²) in [5.41, 5.74) is 3.09. The van der Waals surface area contributed by atoms with Crippen LogP contribution >= 0.6 is 12.2 Å². The molecular formula is C19H15N3O2S. The molecule has 1 heterocycles. The summed E-state index contributed by atoms with van der Waals surface area (Å²) >= 11 is 5.30. The standard InChI is InChI=1S/C19H15N3O2S/c1-13-2-6-15(7-3-13)22-18(23)17(21-19(22)25)12-14-4-8-16(9-5-14)24-11-10-20/h2-9,12H,11H2,1H3,(H,21,25)/b17-12+. The Balaban J connectivity index is 1.80. The Morgan fingerprint density at radius 1 is 1.20 bits per heavy atom. The monoisotopic (exact) mass is 349 g/mol. The number of nitriles is 1. The number of hydrogen-bond acceptors (Lipinski definition) is 4. The van der Waals surface area contributed by atoms with E-state index in [2.05, 4.69) is 5.32 Å². The summed E-state index contributed by atoms with van der Waals surface area (Å²) in [4.78, 5) is 14.1. The molecule has 0 saturated carbocycles. The van der Waals surface area contributed by atoms with Gasteiger partial charge in [0.2, 0.25) is 0 Å². The minimum Gasteiger partial charge on any atom is -0.479 e. The molecular weight excluding hydrogens is 334 g/mol. The fourth-order valence-electron chi connectivity index (χ4n) is 2.41. The van der Waals surface area contributed by atoms with Crippen LogP contribution < -0.4 is 15.0 Å². The molecule has 3 rings (SSSR count).